The third kappa shape index (κ3) is 3.11. The van der Waals surface area contributed by atoms with Crippen molar-refractivity contribution in [3.8, 4) is 0 Å². The fraction of sp³-hybridized carbons (Fsp3) is 0.450. The third-order valence-corrected chi connectivity index (χ3v) is 5.13. The number of aromatic amines is 1. The average molecular weight is 351 g/mol. The Balaban J connectivity index is 1.65. The molecule has 1 atom stereocenters. The van der Waals surface area contributed by atoms with Gasteiger partial charge < -0.3 is 15.2 Å². The van der Waals surface area contributed by atoms with Crippen molar-refractivity contribution in [2.45, 2.75) is 32.6 Å². The molecule has 6 heteroatoms. The Labute approximate surface area is 153 Å². The van der Waals surface area contributed by atoms with Gasteiger partial charge in [-0.15, -0.1) is 0 Å². The van der Waals surface area contributed by atoms with E-state index in [1.807, 2.05) is 23.5 Å². The number of carbonyl (C=O) groups is 1. The maximum absolute atomic E-state index is 12.5. The molecule has 0 aromatic carbocycles. The second-order valence-corrected chi connectivity index (χ2v) is 7.52. The summed E-state index contributed by atoms with van der Waals surface area (Å²) in [6.45, 7) is 6.51. The van der Waals surface area contributed by atoms with Gasteiger partial charge in [0.1, 0.15) is 5.65 Å². The number of rotatable bonds is 3. The van der Waals surface area contributed by atoms with Crippen LogP contribution in [0.5, 0.6) is 0 Å². The zero-order valence-corrected chi connectivity index (χ0v) is 15.3. The van der Waals surface area contributed by atoms with Crippen LogP contribution in [0.4, 0.5) is 4.79 Å². The number of nitrogens with one attached hydrogen (secondary N) is 2. The van der Waals surface area contributed by atoms with Crippen LogP contribution in [0.2, 0.25) is 0 Å². The number of carbonyl (C=O) groups excluding carboxylic acids is 1. The first kappa shape index (κ1) is 16.8. The molecule has 2 N–H and O–H groups in total. The highest BCUT2D eigenvalue weighted by molar-refractivity contribution is 6.05. The first-order valence-electron chi connectivity index (χ1n) is 9.37. The third-order valence-electron chi connectivity index (χ3n) is 5.13. The Bertz CT molecular complexity index is 932. The maximum Gasteiger partial charge on any atom is 0.317 e. The van der Waals surface area contributed by atoms with Gasteiger partial charge in [-0.1, -0.05) is 13.8 Å². The molecule has 2 amide bonds. The predicted molar refractivity (Wildman–Crippen MR) is 103 cm³/mol. The van der Waals surface area contributed by atoms with Gasteiger partial charge in [-0.3, -0.25) is 4.98 Å². The number of hydrogen-bond donors (Lipinski definition) is 2. The minimum absolute atomic E-state index is 0.0511. The minimum atomic E-state index is 0.0511. The Morgan fingerprint density at radius 3 is 3.12 bits per heavy atom. The standard InChI is InChI=1S/C20H25N5O/c1-13(2)10-24-20(26)25-9-3-4-14(12-25)15-5-7-21-17-11-23-19-16(18(15)17)6-8-22-19/h5-8,11,13-14H,3-4,9-10,12H2,1-2H3,(H,22,23)(H,24,26). The van der Waals surface area contributed by atoms with Gasteiger partial charge in [0.25, 0.3) is 0 Å². The van der Waals surface area contributed by atoms with Gasteiger partial charge in [-0.05, 0) is 36.5 Å². The quantitative estimate of drug-likeness (QED) is 0.756. The van der Waals surface area contributed by atoms with Crippen molar-refractivity contribution in [2.75, 3.05) is 19.6 Å². The van der Waals surface area contributed by atoms with Crippen molar-refractivity contribution in [2.24, 2.45) is 5.92 Å². The molecule has 1 unspecified atom stereocenters. The molecule has 1 saturated heterocycles. The van der Waals surface area contributed by atoms with Crippen LogP contribution in [0.3, 0.4) is 0 Å². The topological polar surface area (TPSA) is 73.9 Å². The first-order chi connectivity index (χ1) is 12.6. The SMILES string of the molecule is CC(C)CNC(=O)N1CCCC(c2ccnc3cnc4[nH]ccc4c23)C1. The average Bonchev–Trinajstić information content (AvgIpc) is 3.14. The number of piperidine rings is 1. The number of H-pyrrole nitrogens is 1. The lowest BCUT2D eigenvalue weighted by Gasteiger charge is -2.33. The zero-order chi connectivity index (χ0) is 18.1. The van der Waals surface area contributed by atoms with E-state index in [0.717, 1.165) is 47.9 Å². The largest absolute Gasteiger partial charge is 0.346 e. The monoisotopic (exact) mass is 351 g/mol. The van der Waals surface area contributed by atoms with E-state index < -0.39 is 0 Å². The van der Waals surface area contributed by atoms with Crippen molar-refractivity contribution in [3.05, 3.63) is 36.3 Å². The molecule has 6 nitrogen and oxygen atoms in total. The van der Waals surface area contributed by atoms with Crippen molar-refractivity contribution in [1.29, 1.82) is 0 Å². The second-order valence-electron chi connectivity index (χ2n) is 7.52. The minimum Gasteiger partial charge on any atom is -0.346 e. The van der Waals surface area contributed by atoms with Crippen LogP contribution < -0.4 is 5.32 Å². The number of pyridine rings is 2. The van der Waals surface area contributed by atoms with E-state index in [0.29, 0.717) is 18.4 Å². The van der Waals surface area contributed by atoms with Crippen LogP contribution in [0, 0.1) is 5.92 Å². The summed E-state index contributed by atoms with van der Waals surface area (Å²) in [5.74, 6) is 0.776. The molecule has 3 aromatic rings. The van der Waals surface area contributed by atoms with E-state index in [4.69, 9.17) is 0 Å². The van der Waals surface area contributed by atoms with Crippen LogP contribution in [0.25, 0.3) is 21.9 Å². The Morgan fingerprint density at radius 1 is 1.38 bits per heavy atom. The number of likely N-dealkylation sites (tertiary alicyclic amines) is 1. The molecule has 1 fully saturated rings. The maximum atomic E-state index is 12.5. The molecule has 1 aliphatic rings. The Hall–Kier alpha value is -2.63. The van der Waals surface area contributed by atoms with Gasteiger partial charge in [0.2, 0.25) is 0 Å². The molecule has 4 rings (SSSR count). The molecule has 0 saturated carbocycles. The van der Waals surface area contributed by atoms with Crippen LogP contribution in [0.15, 0.2) is 30.7 Å². The van der Waals surface area contributed by atoms with Gasteiger partial charge in [0.15, 0.2) is 0 Å². The van der Waals surface area contributed by atoms with Crippen LogP contribution in [0.1, 0.15) is 38.2 Å². The van der Waals surface area contributed by atoms with Gasteiger partial charge in [0, 0.05) is 48.7 Å². The Kier molecular flexibility index (Phi) is 4.49. The zero-order valence-electron chi connectivity index (χ0n) is 15.3. The second kappa shape index (κ2) is 6.94. The molecule has 26 heavy (non-hydrogen) atoms. The number of amides is 2. The first-order valence-corrected chi connectivity index (χ1v) is 9.37. The molecule has 136 valence electrons. The molecular weight excluding hydrogens is 326 g/mol. The lowest BCUT2D eigenvalue weighted by Crippen LogP contribution is -2.45. The fourth-order valence-corrected chi connectivity index (χ4v) is 3.84. The smallest absolute Gasteiger partial charge is 0.317 e. The fourth-order valence-electron chi connectivity index (χ4n) is 3.84. The van der Waals surface area contributed by atoms with Crippen molar-refractivity contribution >= 4 is 28.0 Å². The van der Waals surface area contributed by atoms with Gasteiger partial charge in [-0.2, -0.15) is 0 Å². The summed E-state index contributed by atoms with van der Waals surface area (Å²) >= 11 is 0. The highest BCUT2D eigenvalue weighted by Crippen LogP contribution is 2.34. The predicted octanol–water partition coefficient (Wildman–Crippen LogP) is 3.66. The molecular formula is C20H25N5O. The summed E-state index contributed by atoms with van der Waals surface area (Å²) in [4.78, 5) is 26.6. The summed E-state index contributed by atoms with van der Waals surface area (Å²) in [7, 11) is 0. The normalized spacial score (nSPS) is 18.0. The van der Waals surface area contributed by atoms with Gasteiger partial charge in [-0.25, -0.2) is 9.78 Å². The summed E-state index contributed by atoms with van der Waals surface area (Å²) in [6, 6.07) is 4.22. The molecule has 0 aliphatic carbocycles. The van der Waals surface area contributed by atoms with E-state index >= 15 is 0 Å². The molecule has 0 spiro atoms. The molecule has 0 bridgehead atoms. The number of hydrogen-bond acceptors (Lipinski definition) is 3. The number of aromatic nitrogens is 3. The van der Waals surface area contributed by atoms with Gasteiger partial charge in [0.05, 0.1) is 11.7 Å². The van der Waals surface area contributed by atoms with Crippen molar-refractivity contribution in [1.82, 2.24) is 25.2 Å². The summed E-state index contributed by atoms with van der Waals surface area (Å²) in [6.07, 6.45) is 7.70. The van der Waals surface area contributed by atoms with Crippen molar-refractivity contribution in [3.63, 3.8) is 0 Å². The number of nitrogens with zero attached hydrogens (tertiary/aromatic N) is 3. The molecule has 3 aromatic heterocycles. The van der Waals surface area contributed by atoms with E-state index in [-0.39, 0.29) is 6.03 Å². The van der Waals surface area contributed by atoms with E-state index in [1.165, 1.54) is 5.56 Å². The summed E-state index contributed by atoms with van der Waals surface area (Å²) in [5, 5.41) is 5.31. The lowest BCUT2D eigenvalue weighted by atomic mass is 9.88. The number of urea groups is 1. The molecule has 0 radical (unpaired) electrons. The highest BCUT2D eigenvalue weighted by atomic mass is 16.2. The number of fused-ring (bicyclic) bond motifs is 3. The van der Waals surface area contributed by atoms with Crippen LogP contribution in [-0.2, 0) is 0 Å². The summed E-state index contributed by atoms with van der Waals surface area (Å²) < 4.78 is 0. The molecule has 4 heterocycles. The van der Waals surface area contributed by atoms with Crippen LogP contribution >= 0.6 is 0 Å². The van der Waals surface area contributed by atoms with E-state index in [9.17, 15) is 4.79 Å². The summed E-state index contributed by atoms with van der Waals surface area (Å²) in [5.41, 5.74) is 3.06. The Morgan fingerprint density at radius 2 is 2.27 bits per heavy atom. The van der Waals surface area contributed by atoms with Crippen molar-refractivity contribution < 1.29 is 4.79 Å². The van der Waals surface area contributed by atoms with Gasteiger partial charge >= 0.3 is 6.03 Å². The van der Waals surface area contributed by atoms with Crippen LogP contribution in [-0.4, -0.2) is 45.5 Å². The molecule has 1 aliphatic heterocycles. The highest BCUT2D eigenvalue weighted by Gasteiger charge is 2.26. The lowest BCUT2D eigenvalue weighted by molar-refractivity contribution is 0.178. The van der Waals surface area contributed by atoms with E-state index in [1.54, 1.807) is 0 Å². The van der Waals surface area contributed by atoms with E-state index in [2.05, 4.69) is 46.2 Å².